The van der Waals surface area contributed by atoms with Gasteiger partial charge in [-0.15, -0.1) is 11.8 Å². The van der Waals surface area contributed by atoms with Crippen LogP contribution in [0.4, 0.5) is 5.69 Å². The Kier molecular flexibility index (Phi) is 6.02. The third kappa shape index (κ3) is 4.67. The number of nitrogens with one attached hydrogen (secondary N) is 1. The molecule has 0 aromatic heterocycles. The van der Waals surface area contributed by atoms with Crippen molar-refractivity contribution in [2.75, 3.05) is 18.7 Å². The lowest BCUT2D eigenvalue weighted by molar-refractivity contribution is -0.138. The Hall–Kier alpha value is -1.36. The molecule has 0 saturated heterocycles. The highest BCUT2D eigenvalue weighted by molar-refractivity contribution is 7.98. The molecule has 0 spiro atoms. The van der Waals surface area contributed by atoms with E-state index in [4.69, 9.17) is 4.74 Å². The molecule has 4 nitrogen and oxygen atoms in total. The number of hydrogen-bond donors (Lipinski definition) is 2. The van der Waals surface area contributed by atoms with Crippen molar-refractivity contribution >= 4 is 23.4 Å². The number of carboxylic acids is 1. The summed E-state index contributed by atoms with van der Waals surface area (Å²) in [6, 6.07) is 5.11. The zero-order valence-corrected chi connectivity index (χ0v) is 12.6. The van der Waals surface area contributed by atoms with Crippen LogP contribution in [0.3, 0.4) is 0 Å². The summed E-state index contributed by atoms with van der Waals surface area (Å²) in [6.07, 6.45) is 2.56. The van der Waals surface area contributed by atoms with Gasteiger partial charge in [0.2, 0.25) is 0 Å². The summed E-state index contributed by atoms with van der Waals surface area (Å²) >= 11 is 1.62. The molecule has 1 aromatic rings. The maximum Gasteiger partial charge on any atom is 0.326 e. The molecule has 0 aliphatic rings. The molecule has 0 bridgehead atoms. The summed E-state index contributed by atoms with van der Waals surface area (Å²) in [5.41, 5.74) is 0.716. The second kappa shape index (κ2) is 7.28. The van der Waals surface area contributed by atoms with Gasteiger partial charge in [0.1, 0.15) is 11.8 Å². The number of carboxylic acid groups (broad SMARTS) is 1. The van der Waals surface area contributed by atoms with E-state index in [0.717, 1.165) is 4.90 Å². The smallest absolute Gasteiger partial charge is 0.326 e. The second-order valence-corrected chi connectivity index (χ2v) is 5.61. The summed E-state index contributed by atoms with van der Waals surface area (Å²) in [7, 11) is 1.59. The summed E-state index contributed by atoms with van der Waals surface area (Å²) in [5.74, 6) is 0.136. The van der Waals surface area contributed by atoms with Gasteiger partial charge in [0.15, 0.2) is 0 Å². The minimum absolute atomic E-state index is 0.310. The molecule has 0 saturated carbocycles. The fourth-order valence-corrected chi connectivity index (χ4v) is 2.23. The lowest BCUT2D eigenvalue weighted by Gasteiger charge is -2.19. The normalized spacial score (nSPS) is 12.3. The van der Waals surface area contributed by atoms with Gasteiger partial charge in [-0.1, -0.05) is 13.8 Å². The quantitative estimate of drug-likeness (QED) is 0.752. The molecule has 0 amide bonds. The highest BCUT2D eigenvalue weighted by Gasteiger charge is 2.20. The molecule has 0 heterocycles. The van der Waals surface area contributed by atoms with E-state index in [1.807, 2.05) is 38.3 Å². The SMILES string of the molecule is COc1cc(SC)ccc1NC(CC(C)C)C(=O)O. The van der Waals surface area contributed by atoms with E-state index in [-0.39, 0.29) is 0 Å². The van der Waals surface area contributed by atoms with Crippen molar-refractivity contribution in [1.82, 2.24) is 0 Å². The first-order valence-corrected chi connectivity index (χ1v) is 7.41. The van der Waals surface area contributed by atoms with Crippen LogP contribution in [0.25, 0.3) is 0 Å². The molecule has 1 atom stereocenters. The number of ether oxygens (including phenoxy) is 1. The number of hydrogen-bond acceptors (Lipinski definition) is 4. The van der Waals surface area contributed by atoms with E-state index < -0.39 is 12.0 Å². The van der Waals surface area contributed by atoms with E-state index in [2.05, 4.69) is 5.32 Å². The molecule has 0 radical (unpaired) electrons. The Morgan fingerprint density at radius 2 is 2.16 bits per heavy atom. The van der Waals surface area contributed by atoms with Gasteiger partial charge in [-0.2, -0.15) is 0 Å². The van der Waals surface area contributed by atoms with Crippen molar-refractivity contribution in [1.29, 1.82) is 0 Å². The van der Waals surface area contributed by atoms with E-state index in [1.54, 1.807) is 18.9 Å². The van der Waals surface area contributed by atoms with Gasteiger partial charge in [0, 0.05) is 4.90 Å². The molecule has 0 aliphatic carbocycles. The number of carbonyl (C=O) groups is 1. The van der Waals surface area contributed by atoms with Gasteiger partial charge in [0.25, 0.3) is 0 Å². The molecule has 1 rings (SSSR count). The Bertz CT molecular complexity index is 435. The van der Waals surface area contributed by atoms with Gasteiger partial charge in [-0.05, 0) is 36.8 Å². The summed E-state index contributed by atoms with van der Waals surface area (Å²) in [6.45, 7) is 4.01. The van der Waals surface area contributed by atoms with Crippen molar-refractivity contribution in [3.8, 4) is 5.75 Å². The fourth-order valence-electron chi connectivity index (χ4n) is 1.80. The topological polar surface area (TPSA) is 58.6 Å². The van der Waals surface area contributed by atoms with E-state index >= 15 is 0 Å². The van der Waals surface area contributed by atoms with Crippen LogP contribution in [-0.2, 0) is 4.79 Å². The van der Waals surface area contributed by atoms with Gasteiger partial charge in [-0.3, -0.25) is 0 Å². The summed E-state index contributed by atoms with van der Waals surface area (Å²) in [5, 5.41) is 12.3. The van der Waals surface area contributed by atoms with Crippen LogP contribution in [0.15, 0.2) is 23.1 Å². The van der Waals surface area contributed by atoms with Crippen molar-refractivity contribution < 1.29 is 14.6 Å². The monoisotopic (exact) mass is 283 g/mol. The van der Waals surface area contributed by atoms with E-state index in [1.165, 1.54) is 0 Å². The first kappa shape index (κ1) is 15.7. The number of rotatable bonds is 7. The minimum Gasteiger partial charge on any atom is -0.495 e. The van der Waals surface area contributed by atoms with Gasteiger partial charge in [-0.25, -0.2) is 4.79 Å². The highest BCUT2D eigenvalue weighted by atomic mass is 32.2. The van der Waals surface area contributed by atoms with E-state index in [0.29, 0.717) is 23.8 Å². The third-order valence-corrected chi connectivity index (χ3v) is 3.47. The van der Waals surface area contributed by atoms with E-state index in [9.17, 15) is 9.90 Å². The first-order chi connectivity index (χ1) is 8.97. The van der Waals surface area contributed by atoms with Gasteiger partial charge >= 0.3 is 5.97 Å². The third-order valence-electron chi connectivity index (χ3n) is 2.74. The highest BCUT2D eigenvalue weighted by Crippen LogP contribution is 2.30. The number of aliphatic carboxylic acids is 1. The molecular weight excluding hydrogens is 262 g/mol. The molecule has 106 valence electrons. The minimum atomic E-state index is -0.843. The average molecular weight is 283 g/mol. The standard InChI is InChI=1S/C14H21NO3S/c1-9(2)7-12(14(16)17)15-11-6-5-10(19-4)8-13(11)18-3/h5-6,8-9,12,15H,7H2,1-4H3,(H,16,17). The molecule has 0 aliphatic heterocycles. The Morgan fingerprint density at radius 1 is 1.47 bits per heavy atom. The van der Waals surface area contributed by atoms with Crippen LogP contribution in [0, 0.1) is 5.92 Å². The largest absolute Gasteiger partial charge is 0.495 e. The number of methoxy groups -OCH3 is 1. The van der Waals surface area contributed by atoms with Gasteiger partial charge in [0.05, 0.1) is 12.8 Å². The molecule has 2 N–H and O–H groups in total. The predicted octanol–water partition coefficient (Wildman–Crippen LogP) is 3.33. The zero-order chi connectivity index (χ0) is 14.4. The Labute approximate surface area is 118 Å². The van der Waals surface area contributed by atoms with Gasteiger partial charge < -0.3 is 15.2 Å². The van der Waals surface area contributed by atoms with Crippen LogP contribution in [0.1, 0.15) is 20.3 Å². The zero-order valence-electron chi connectivity index (χ0n) is 11.8. The van der Waals surface area contributed by atoms with Crippen molar-refractivity contribution in [2.45, 2.75) is 31.2 Å². The second-order valence-electron chi connectivity index (χ2n) is 4.73. The lowest BCUT2D eigenvalue weighted by atomic mass is 10.0. The maximum absolute atomic E-state index is 11.3. The first-order valence-electron chi connectivity index (χ1n) is 6.19. The number of thioether (sulfide) groups is 1. The Morgan fingerprint density at radius 3 is 2.63 bits per heavy atom. The van der Waals surface area contributed by atoms with Crippen LogP contribution in [0.2, 0.25) is 0 Å². The Balaban J connectivity index is 2.92. The van der Waals surface area contributed by atoms with Crippen molar-refractivity contribution in [3.63, 3.8) is 0 Å². The van der Waals surface area contributed by atoms with Crippen LogP contribution in [0.5, 0.6) is 5.75 Å². The van der Waals surface area contributed by atoms with Crippen LogP contribution < -0.4 is 10.1 Å². The fraction of sp³-hybridized carbons (Fsp3) is 0.500. The molecule has 0 fully saturated rings. The molecule has 1 unspecified atom stereocenters. The van der Waals surface area contributed by atoms with Crippen LogP contribution in [-0.4, -0.2) is 30.5 Å². The number of anilines is 1. The molecule has 5 heteroatoms. The van der Waals surface area contributed by atoms with Crippen molar-refractivity contribution in [3.05, 3.63) is 18.2 Å². The summed E-state index contributed by atoms with van der Waals surface area (Å²) in [4.78, 5) is 12.3. The lowest BCUT2D eigenvalue weighted by Crippen LogP contribution is -2.30. The predicted molar refractivity (Wildman–Crippen MR) is 79.3 cm³/mol. The van der Waals surface area contributed by atoms with Crippen molar-refractivity contribution in [2.24, 2.45) is 5.92 Å². The number of benzene rings is 1. The molecule has 1 aromatic carbocycles. The van der Waals surface area contributed by atoms with Crippen LogP contribution >= 0.6 is 11.8 Å². The molecular formula is C14H21NO3S. The molecule has 19 heavy (non-hydrogen) atoms. The average Bonchev–Trinajstić information content (AvgIpc) is 2.37. The summed E-state index contributed by atoms with van der Waals surface area (Å²) < 4.78 is 5.30. The maximum atomic E-state index is 11.3.